The molecule has 1 aromatic heterocycles. The summed E-state index contributed by atoms with van der Waals surface area (Å²) < 4.78 is 21.5. The number of aromatic nitrogens is 1. The number of nitrogens with zero attached hydrogens (tertiary/aromatic N) is 1. The highest BCUT2D eigenvalue weighted by atomic mass is 32.1. The van der Waals surface area contributed by atoms with Gasteiger partial charge in [-0.3, -0.25) is 0 Å². The van der Waals surface area contributed by atoms with E-state index in [1.165, 1.54) is 0 Å². The summed E-state index contributed by atoms with van der Waals surface area (Å²) in [6.45, 7) is 2.61. The summed E-state index contributed by atoms with van der Waals surface area (Å²) >= 11 is 1.60. The predicted octanol–water partition coefficient (Wildman–Crippen LogP) is 2.50. The van der Waals surface area contributed by atoms with Crippen LogP contribution in [0.4, 0.5) is 0 Å². The van der Waals surface area contributed by atoms with Gasteiger partial charge in [0, 0.05) is 24.0 Å². The van der Waals surface area contributed by atoms with E-state index in [9.17, 15) is 0 Å². The number of thiazole rings is 1. The molecule has 1 N–H and O–H groups in total. The Balaban J connectivity index is 1.57. The molecule has 124 valence electrons. The van der Waals surface area contributed by atoms with Crippen LogP contribution in [0.5, 0.6) is 11.5 Å². The molecule has 0 radical (unpaired) electrons. The van der Waals surface area contributed by atoms with Crippen molar-refractivity contribution >= 4 is 11.3 Å². The number of methoxy groups -OCH3 is 2. The molecule has 3 rings (SSSR count). The fraction of sp³-hybridized carbons (Fsp3) is 0.438. The highest BCUT2D eigenvalue weighted by Crippen LogP contribution is 2.25. The van der Waals surface area contributed by atoms with Crippen LogP contribution in [-0.2, 0) is 22.6 Å². The van der Waals surface area contributed by atoms with Crippen LogP contribution < -0.4 is 14.8 Å². The van der Waals surface area contributed by atoms with Gasteiger partial charge in [-0.15, -0.1) is 11.3 Å². The molecule has 7 heteroatoms. The Morgan fingerprint density at radius 3 is 2.78 bits per heavy atom. The van der Waals surface area contributed by atoms with Crippen LogP contribution in [0.2, 0.25) is 0 Å². The second kappa shape index (κ2) is 7.74. The van der Waals surface area contributed by atoms with Gasteiger partial charge >= 0.3 is 0 Å². The average molecular weight is 336 g/mol. The van der Waals surface area contributed by atoms with Crippen molar-refractivity contribution in [2.75, 3.05) is 27.4 Å². The molecule has 2 aromatic rings. The third-order valence-corrected chi connectivity index (χ3v) is 4.38. The van der Waals surface area contributed by atoms with E-state index in [1.807, 2.05) is 23.6 Å². The highest BCUT2D eigenvalue weighted by Gasteiger charge is 2.20. The largest absolute Gasteiger partial charge is 0.497 e. The Bertz CT molecular complexity index is 641. The maximum atomic E-state index is 5.45. The summed E-state index contributed by atoms with van der Waals surface area (Å²) in [5.41, 5.74) is 1.90. The molecule has 6 nitrogen and oxygen atoms in total. The predicted molar refractivity (Wildman–Crippen MR) is 86.8 cm³/mol. The summed E-state index contributed by atoms with van der Waals surface area (Å²) in [6, 6.07) is 5.77. The van der Waals surface area contributed by atoms with Crippen LogP contribution in [0.15, 0.2) is 23.6 Å². The van der Waals surface area contributed by atoms with Crippen LogP contribution in [0, 0.1) is 0 Å². The molecule has 1 saturated heterocycles. The van der Waals surface area contributed by atoms with Crippen molar-refractivity contribution in [3.63, 3.8) is 0 Å². The van der Waals surface area contributed by atoms with Crippen molar-refractivity contribution in [3.8, 4) is 11.5 Å². The molecule has 0 atom stereocenters. The van der Waals surface area contributed by atoms with Crippen LogP contribution in [0.1, 0.15) is 22.6 Å². The van der Waals surface area contributed by atoms with Crippen molar-refractivity contribution < 1.29 is 18.9 Å². The first kappa shape index (κ1) is 16.2. The molecule has 2 heterocycles. The molecule has 0 aliphatic carbocycles. The zero-order chi connectivity index (χ0) is 16.1. The van der Waals surface area contributed by atoms with E-state index in [2.05, 4.69) is 10.3 Å². The van der Waals surface area contributed by atoms with Gasteiger partial charge in [-0.05, 0) is 18.2 Å². The standard InChI is InChI=1S/C16H20N2O4S/c1-19-12-3-4-14(20-2)11(7-12)8-17-9-15-18-13(10-23-15)16-21-5-6-22-16/h3-4,7,10,16-17H,5-6,8-9H2,1-2H3. The Morgan fingerprint density at radius 1 is 1.22 bits per heavy atom. The van der Waals surface area contributed by atoms with E-state index in [0.717, 1.165) is 27.8 Å². The van der Waals surface area contributed by atoms with Gasteiger partial charge in [0.2, 0.25) is 6.29 Å². The van der Waals surface area contributed by atoms with Gasteiger partial charge in [-0.25, -0.2) is 4.98 Å². The minimum absolute atomic E-state index is 0.307. The Kier molecular flexibility index (Phi) is 5.45. The Morgan fingerprint density at radius 2 is 2.04 bits per heavy atom. The lowest BCUT2D eigenvalue weighted by molar-refractivity contribution is -0.0469. The fourth-order valence-electron chi connectivity index (χ4n) is 2.37. The molecule has 1 aliphatic heterocycles. The monoisotopic (exact) mass is 336 g/mol. The Labute approximate surface area is 139 Å². The van der Waals surface area contributed by atoms with Crippen LogP contribution in [0.25, 0.3) is 0 Å². The quantitative estimate of drug-likeness (QED) is 0.838. The maximum absolute atomic E-state index is 5.45. The first-order valence-corrected chi connectivity index (χ1v) is 8.27. The fourth-order valence-corrected chi connectivity index (χ4v) is 3.13. The third kappa shape index (κ3) is 4.00. The number of hydrogen-bond acceptors (Lipinski definition) is 7. The zero-order valence-electron chi connectivity index (χ0n) is 13.2. The van der Waals surface area contributed by atoms with Gasteiger partial charge in [0.25, 0.3) is 0 Å². The molecule has 0 saturated carbocycles. The summed E-state index contributed by atoms with van der Waals surface area (Å²) in [7, 11) is 3.32. The molecule has 1 aromatic carbocycles. The molecule has 1 fully saturated rings. The molecule has 0 unspecified atom stereocenters. The second-order valence-corrected chi connectivity index (χ2v) is 5.96. The summed E-state index contributed by atoms with van der Waals surface area (Å²) in [5.74, 6) is 1.65. The van der Waals surface area contributed by atoms with Gasteiger partial charge in [0.1, 0.15) is 22.2 Å². The lowest BCUT2D eigenvalue weighted by Crippen LogP contribution is -2.13. The van der Waals surface area contributed by atoms with E-state index in [0.29, 0.717) is 26.3 Å². The normalized spacial score (nSPS) is 15.0. The van der Waals surface area contributed by atoms with Gasteiger partial charge in [0.15, 0.2) is 0 Å². The number of rotatable bonds is 7. The summed E-state index contributed by atoms with van der Waals surface area (Å²) in [5, 5.41) is 6.36. The highest BCUT2D eigenvalue weighted by molar-refractivity contribution is 7.09. The summed E-state index contributed by atoms with van der Waals surface area (Å²) in [6.07, 6.45) is -0.307. The molecule has 0 amide bonds. The van der Waals surface area contributed by atoms with Crippen molar-refractivity contribution in [1.82, 2.24) is 10.3 Å². The molecular formula is C16H20N2O4S. The SMILES string of the molecule is COc1ccc(OC)c(CNCc2nc(C3OCCO3)cs2)c1. The van der Waals surface area contributed by atoms with E-state index in [1.54, 1.807) is 25.6 Å². The van der Waals surface area contributed by atoms with Gasteiger partial charge in [-0.2, -0.15) is 0 Å². The summed E-state index contributed by atoms with van der Waals surface area (Å²) in [4.78, 5) is 4.55. The van der Waals surface area contributed by atoms with Crippen molar-refractivity contribution in [3.05, 3.63) is 39.8 Å². The van der Waals surface area contributed by atoms with Crippen molar-refractivity contribution in [2.45, 2.75) is 19.4 Å². The van der Waals surface area contributed by atoms with Crippen molar-refractivity contribution in [2.24, 2.45) is 0 Å². The van der Waals surface area contributed by atoms with Crippen molar-refractivity contribution in [1.29, 1.82) is 0 Å². The second-order valence-electron chi connectivity index (χ2n) is 5.02. The van der Waals surface area contributed by atoms with Gasteiger partial charge in [-0.1, -0.05) is 0 Å². The van der Waals surface area contributed by atoms with E-state index >= 15 is 0 Å². The first-order valence-electron chi connectivity index (χ1n) is 7.39. The van der Waals surface area contributed by atoms with Crippen LogP contribution >= 0.6 is 11.3 Å². The smallest absolute Gasteiger partial charge is 0.202 e. The van der Waals surface area contributed by atoms with Crippen LogP contribution in [-0.4, -0.2) is 32.4 Å². The van der Waals surface area contributed by atoms with E-state index in [4.69, 9.17) is 18.9 Å². The molecule has 23 heavy (non-hydrogen) atoms. The minimum atomic E-state index is -0.307. The van der Waals surface area contributed by atoms with Gasteiger partial charge < -0.3 is 24.3 Å². The zero-order valence-corrected chi connectivity index (χ0v) is 14.0. The van der Waals surface area contributed by atoms with Crippen LogP contribution in [0.3, 0.4) is 0 Å². The lowest BCUT2D eigenvalue weighted by atomic mass is 10.2. The minimum Gasteiger partial charge on any atom is -0.497 e. The molecule has 1 aliphatic rings. The molecular weight excluding hydrogens is 316 g/mol. The number of nitrogens with one attached hydrogen (secondary N) is 1. The Hall–Kier alpha value is -1.67. The number of ether oxygens (including phenoxy) is 4. The topological polar surface area (TPSA) is 61.8 Å². The number of benzene rings is 1. The number of hydrogen-bond donors (Lipinski definition) is 1. The molecule has 0 spiro atoms. The average Bonchev–Trinajstić information content (AvgIpc) is 3.26. The lowest BCUT2D eigenvalue weighted by Gasteiger charge is -2.11. The molecule has 0 bridgehead atoms. The van der Waals surface area contributed by atoms with E-state index < -0.39 is 0 Å². The van der Waals surface area contributed by atoms with Gasteiger partial charge in [0.05, 0.1) is 27.4 Å². The first-order chi connectivity index (χ1) is 11.3. The third-order valence-electron chi connectivity index (χ3n) is 3.51. The maximum Gasteiger partial charge on any atom is 0.202 e. The van der Waals surface area contributed by atoms with E-state index in [-0.39, 0.29) is 6.29 Å².